The third-order valence-electron chi connectivity index (χ3n) is 3.76. The predicted octanol–water partition coefficient (Wildman–Crippen LogP) is 2.84. The maximum atomic E-state index is 12.2. The third-order valence-corrected chi connectivity index (χ3v) is 3.76. The lowest BCUT2D eigenvalue weighted by molar-refractivity contribution is -0.384. The number of rotatable bonds is 9. The lowest BCUT2D eigenvalue weighted by Crippen LogP contribution is -2.31. The molecule has 0 aliphatic heterocycles. The molecule has 0 N–H and O–H groups in total. The maximum Gasteiger partial charge on any atom is 0.270 e. The van der Waals surface area contributed by atoms with E-state index in [1.807, 2.05) is 31.2 Å². The quantitative estimate of drug-likeness (QED) is 0.381. The van der Waals surface area contributed by atoms with Crippen molar-refractivity contribution >= 4 is 17.9 Å². The molecular formula is C19H20N2O6. The van der Waals surface area contributed by atoms with Crippen molar-refractivity contribution in [3.63, 3.8) is 0 Å². The molecule has 27 heavy (non-hydrogen) atoms. The highest BCUT2D eigenvalue weighted by molar-refractivity contribution is 5.82. The van der Waals surface area contributed by atoms with Crippen LogP contribution in [0, 0.1) is 10.1 Å². The minimum Gasteiger partial charge on any atom is -0.494 e. The highest BCUT2D eigenvalue weighted by Gasteiger charge is 2.14. The maximum absolute atomic E-state index is 12.2. The number of hydrogen-bond acceptors (Lipinski definition) is 6. The number of hydrogen-bond donors (Lipinski definition) is 0. The normalized spacial score (nSPS) is 10.1. The monoisotopic (exact) mass is 372 g/mol. The second kappa shape index (κ2) is 9.33. The van der Waals surface area contributed by atoms with Crippen LogP contribution >= 0.6 is 0 Å². The van der Waals surface area contributed by atoms with E-state index in [1.165, 1.54) is 17.0 Å². The molecule has 0 atom stereocenters. The molecule has 0 saturated carbocycles. The zero-order valence-electron chi connectivity index (χ0n) is 15.1. The summed E-state index contributed by atoms with van der Waals surface area (Å²) in [5.74, 6) is 0.593. The van der Waals surface area contributed by atoms with Crippen molar-refractivity contribution in [2.24, 2.45) is 0 Å². The van der Waals surface area contributed by atoms with Crippen molar-refractivity contribution in [3.05, 3.63) is 63.7 Å². The summed E-state index contributed by atoms with van der Waals surface area (Å²) in [4.78, 5) is 35.0. The molecule has 2 rings (SSSR count). The standard InChI is InChI=1S/C19H20N2O6/c1-3-26-17-7-4-14(5-8-17)11-20(2)19(23)13-27-18-9-6-16(21(24)25)10-15(18)12-22/h4-10,12H,3,11,13H2,1-2H3. The van der Waals surface area contributed by atoms with Gasteiger partial charge in [0, 0.05) is 25.7 Å². The molecule has 1 amide bonds. The molecule has 0 spiro atoms. The van der Waals surface area contributed by atoms with E-state index >= 15 is 0 Å². The van der Waals surface area contributed by atoms with Crippen LogP contribution in [0.2, 0.25) is 0 Å². The lowest BCUT2D eigenvalue weighted by atomic mass is 10.2. The Morgan fingerprint density at radius 3 is 2.48 bits per heavy atom. The van der Waals surface area contributed by atoms with Crippen LogP contribution in [0.5, 0.6) is 11.5 Å². The van der Waals surface area contributed by atoms with E-state index in [1.54, 1.807) is 7.05 Å². The molecule has 0 aliphatic rings. The number of aldehydes is 1. The van der Waals surface area contributed by atoms with Crippen LogP contribution in [0.15, 0.2) is 42.5 Å². The van der Waals surface area contributed by atoms with Crippen molar-refractivity contribution in [1.82, 2.24) is 4.90 Å². The summed E-state index contributed by atoms with van der Waals surface area (Å²) in [6.07, 6.45) is 0.455. The summed E-state index contributed by atoms with van der Waals surface area (Å²) in [5.41, 5.74) is 0.729. The van der Waals surface area contributed by atoms with E-state index < -0.39 is 4.92 Å². The van der Waals surface area contributed by atoms with E-state index in [9.17, 15) is 19.7 Å². The van der Waals surface area contributed by atoms with Gasteiger partial charge in [0.05, 0.1) is 17.1 Å². The lowest BCUT2D eigenvalue weighted by Gasteiger charge is -2.18. The molecule has 2 aromatic rings. The van der Waals surface area contributed by atoms with Crippen LogP contribution in [0.3, 0.4) is 0 Å². The van der Waals surface area contributed by atoms with Crippen molar-refractivity contribution < 1.29 is 24.0 Å². The van der Waals surface area contributed by atoms with Gasteiger partial charge in [0.2, 0.25) is 0 Å². The van der Waals surface area contributed by atoms with Crippen molar-refractivity contribution in [2.75, 3.05) is 20.3 Å². The first-order valence-electron chi connectivity index (χ1n) is 8.26. The van der Waals surface area contributed by atoms with Crippen LogP contribution < -0.4 is 9.47 Å². The van der Waals surface area contributed by atoms with E-state index in [0.717, 1.165) is 17.4 Å². The van der Waals surface area contributed by atoms with Gasteiger partial charge >= 0.3 is 0 Å². The Kier molecular flexibility index (Phi) is 6.87. The number of amides is 1. The van der Waals surface area contributed by atoms with Gasteiger partial charge in [0.25, 0.3) is 11.6 Å². The number of carbonyl (C=O) groups is 2. The zero-order valence-corrected chi connectivity index (χ0v) is 15.1. The molecule has 142 valence electrons. The Labute approximate surface area is 156 Å². The largest absolute Gasteiger partial charge is 0.494 e. The minimum atomic E-state index is -0.605. The van der Waals surface area contributed by atoms with Crippen LogP contribution in [0.25, 0.3) is 0 Å². The van der Waals surface area contributed by atoms with Crippen LogP contribution in [-0.2, 0) is 11.3 Å². The van der Waals surface area contributed by atoms with E-state index in [2.05, 4.69) is 0 Å². The predicted molar refractivity (Wildman–Crippen MR) is 98.1 cm³/mol. The van der Waals surface area contributed by atoms with Crippen LogP contribution in [0.1, 0.15) is 22.8 Å². The fraction of sp³-hybridized carbons (Fsp3) is 0.263. The summed E-state index contributed by atoms with van der Waals surface area (Å²) in [6.45, 7) is 2.59. The first-order valence-corrected chi connectivity index (χ1v) is 8.26. The average molecular weight is 372 g/mol. The number of ether oxygens (including phenoxy) is 2. The molecule has 0 heterocycles. The van der Waals surface area contributed by atoms with Gasteiger partial charge in [0.15, 0.2) is 12.9 Å². The van der Waals surface area contributed by atoms with Gasteiger partial charge in [-0.2, -0.15) is 0 Å². The van der Waals surface area contributed by atoms with Crippen molar-refractivity contribution in [2.45, 2.75) is 13.5 Å². The molecule has 0 bridgehead atoms. The molecular weight excluding hydrogens is 352 g/mol. The summed E-state index contributed by atoms with van der Waals surface area (Å²) >= 11 is 0. The van der Waals surface area contributed by atoms with Gasteiger partial charge in [-0.25, -0.2) is 0 Å². The molecule has 8 heteroatoms. The summed E-state index contributed by atoms with van der Waals surface area (Å²) < 4.78 is 10.7. The Hall–Kier alpha value is -3.42. The topological polar surface area (TPSA) is 99.0 Å². The van der Waals surface area contributed by atoms with E-state index in [0.29, 0.717) is 19.4 Å². The second-order valence-corrected chi connectivity index (χ2v) is 5.71. The fourth-order valence-electron chi connectivity index (χ4n) is 2.34. The smallest absolute Gasteiger partial charge is 0.270 e. The highest BCUT2D eigenvalue weighted by Crippen LogP contribution is 2.23. The average Bonchev–Trinajstić information content (AvgIpc) is 2.67. The summed E-state index contributed by atoms with van der Waals surface area (Å²) in [5, 5.41) is 10.7. The number of nitro groups is 1. The molecule has 0 fully saturated rings. The fourth-order valence-corrected chi connectivity index (χ4v) is 2.34. The number of benzene rings is 2. The van der Waals surface area contributed by atoms with Gasteiger partial charge in [0.1, 0.15) is 11.5 Å². The van der Waals surface area contributed by atoms with Gasteiger partial charge in [-0.05, 0) is 30.7 Å². The summed E-state index contributed by atoms with van der Waals surface area (Å²) in [7, 11) is 1.64. The molecule has 0 unspecified atom stereocenters. The number of carbonyl (C=O) groups excluding carboxylic acids is 2. The SMILES string of the molecule is CCOc1ccc(CN(C)C(=O)COc2ccc([N+](=O)[O-])cc2C=O)cc1. The van der Waals surface area contributed by atoms with Gasteiger partial charge in [-0.3, -0.25) is 19.7 Å². The van der Waals surface area contributed by atoms with E-state index in [4.69, 9.17) is 9.47 Å². The second-order valence-electron chi connectivity index (χ2n) is 5.71. The minimum absolute atomic E-state index is 0.0196. The zero-order chi connectivity index (χ0) is 19.8. The molecule has 2 aromatic carbocycles. The molecule has 0 aliphatic carbocycles. The van der Waals surface area contributed by atoms with Gasteiger partial charge in [-0.1, -0.05) is 12.1 Å². The van der Waals surface area contributed by atoms with Gasteiger partial charge < -0.3 is 14.4 Å². The van der Waals surface area contributed by atoms with Gasteiger partial charge in [-0.15, -0.1) is 0 Å². The Balaban J connectivity index is 1.94. The third kappa shape index (κ3) is 5.53. The number of nitro benzene ring substituents is 1. The van der Waals surface area contributed by atoms with Crippen molar-refractivity contribution in [3.8, 4) is 11.5 Å². The van der Waals surface area contributed by atoms with Crippen molar-refractivity contribution in [1.29, 1.82) is 0 Å². The highest BCUT2D eigenvalue weighted by atomic mass is 16.6. The molecule has 8 nitrogen and oxygen atoms in total. The number of likely N-dealkylation sites (N-methyl/N-ethyl adjacent to an activating group) is 1. The Morgan fingerprint density at radius 2 is 1.89 bits per heavy atom. The van der Waals surface area contributed by atoms with Crippen LogP contribution in [-0.4, -0.2) is 42.3 Å². The molecule has 0 saturated heterocycles. The molecule has 0 aromatic heterocycles. The molecule has 0 radical (unpaired) electrons. The summed E-state index contributed by atoms with van der Waals surface area (Å²) in [6, 6.07) is 11.0. The Morgan fingerprint density at radius 1 is 1.19 bits per heavy atom. The van der Waals surface area contributed by atoms with Crippen LogP contribution in [0.4, 0.5) is 5.69 Å². The van der Waals surface area contributed by atoms with E-state index in [-0.39, 0.29) is 29.5 Å². The first kappa shape index (κ1) is 19.9. The number of non-ortho nitro benzene ring substituents is 1. The number of nitrogens with zero attached hydrogens (tertiary/aromatic N) is 2. The Bertz CT molecular complexity index is 819. The first-order chi connectivity index (χ1) is 12.9.